The second kappa shape index (κ2) is 57.6. The van der Waals surface area contributed by atoms with Gasteiger partial charge in [0.2, 0.25) is 0 Å². The van der Waals surface area contributed by atoms with Crippen LogP contribution in [0.3, 0.4) is 0 Å². The Hall–Kier alpha value is -3.93. The topological polar surface area (TPSA) is 78.9 Å². The molecular formula is C64H106O6. The quantitative estimate of drug-likeness (QED) is 0.0262. The van der Waals surface area contributed by atoms with E-state index in [0.717, 1.165) is 128 Å². The molecule has 0 fully saturated rings. The maximum absolute atomic E-state index is 12.8. The smallest absolute Gasteiger partial charge is 0.306 e. The van der Waals surface area contributed by atoms with Gasteiger partial charge in [0, 0.05) is 19.3 Å². The molecule has 0 N–H and O–H groups in total. The van der Waals surface area contributed by atoms with Crippen molar-refractivity contribution >= 4 is 17.9 Å². The number of carbonyl (C=O) groups excluding carboxylic acids is 3. The van der Waals surface area contributed by atoms with Crippen molar-refractivity contribution in [1.82, 2.24) is 0 Å². The molecule has 0 aliphatic carbocycles. The third-order valence-corrected chi connectivity index (χ3v) is 12.0. The minimum atomic E-state index is -0.785. The summed E-state index contributed by atoms with van der Waals surface area (Å²) in [4.78, 5) is 37.8. The van der Waals surface area contributed by atoms with Crippen LogP contribution in [0.1, 0.15) is 258 Å². The molecule has 398 valence electrons. The Balaban J connectivity index is 4.14. The summed E-state index contributed by atoms with van der Waals surface area (Å²) in [6.07, 6.45) is 78.3. The molecule has 0 rings (SSSR count). The van der Waals surface area contributed by atoms with E-state index >= 15 is 0 Å². The molecule has 6 nitrogen and oxygen atoms in total. The molecule has 1 atom stereocenters. The third kappa shape index (κ3) is 55.0. The zero-order chi connectivity index (χ0) is 50.7. The monoisotopic (exact) mass is 971 g/mol. The van der Waals surface area contributed by atoms with E-state index in [0.29, 0.717) is 19.3 Å². The van der Waals surface area contributed by atoms with Crippen LogP contribution in [0.2, 0.25) is 0 Å². The number of allylic oxidation sites excluding steroid dienone is 18. The highest BCUT2D eigenvalue weighted by Gasteiger charge is 2.19. The fourth-order valence-electron chi connectivity index (χ4n) is 7.69. The van der Waals surface area contributed by atoms with Crippen LogP contribution >= 0.6 is 0 Å². The summed E-state index contributed by atoms with van der Waals surface area (Å²) in [6, 6.07) is 0. The number of ether oxygens (including phenoxy) is 3. The summed E-state index contributed by atoms with van der Waals surface area (Å²) in [5, 5.41) is 0. The molecule has 0 aromatic rings. The van der Waals surface area contributed by atoms with E-state index in [9.17, 15) is 14.4 Å². The van der Waals surface area contributed by atoms with Gasteiger partial charge in [0.1, 0.15) is 13.2 Å². The zero-order valence-corrected chi connectivity index (χ0v) is 45.5. The summed E-state index contributed by atoms with van der Waals surface area (Å²) < 4.78 is 16.7. The molecule has 0 saturated carbocycles. The summed E-state index contributed by atoms with van der Waals surface area (Å²) in [5.74, 6) is -0.920. The molecule has 0 amide bonds. The first kappa shape index (κ1) is 66.1. The van der Waals surface area contributed by atoms with E-state index in [4.69, 9.17) is 14.2 Å². The minimum Gasteiger partial charge on any atom is -0.462 e. The molecule has 0 aliphatic heterocycles. The number of unbranched alkanes of at least 4 members (excludes halogenated alkanes) is 22. The van der Waals surface area contributed by atoms with Crippen LogP contribution < -0.4 is 0 Å². The molecule has 0 aromatic carbocycles. The van der Waals surface area contributed by atoms with Crippen molar-refractivity contribution in [3.05, 3.63) is 109 Å². The van der Waals surface area contributed by atoms with Crippen LogP contribution in [0.15, 0.2) is 109 Å². The SMILES string of the molecule is CC/C=C\C/C=C\C/C=C\C/C=C\C/C=C\C/C=C\C/C=C\CCCCCCCCCC(=O)OCC(COC(=O)CCCCCCC)OC(=O)CCCCCCCCC/C=C\C/C=C\CCCCCC. The molecule has 70 heavy (non-hydrogen) atoms. The second-order valence-electron chi connectivity index (χ2n) is 18.8. The highest BCUT2D eigenvalue weighted by atomic mass is 16.6. The van der Waals surface area contributed by atoms with Crippen molar-refractivity contribution in [3.63, 3.8) is 0 Å². The van der Waals surface area contributed by atoms with Crippen molar-refractivity contribution in [3.8, 4) is 0 Å². The predicted octanol–water partition coefficient (Wildman–Crippen LogP) is 19.5. The Morgan fingerprint density at radius 3 is 0.886 bits per heavy atom. The molecule has 0 radical (unpaired) electrons. The lowest BCUT2D eigenvalue weighted by atomic mass is 10.1. The van der Waals surface area contributed by atoms with Gasteiger partial charge in [-0.25, -0.2) is 0 Å². The number of carbonyl (C=O) groups is 3. The Morgan fingerprint density at radius 2 is 0.557 bits per heavy atom. The van der Waals surface area contributed by atoms with Crippen LogP contribution in [-0.4, -0.2) is 37.2 Å². The highest BCUT2D eigenvalue weighted by Crippen LogP contribution is 2.14. The van der Waals surface area contributed by atoms with E-state index in [1.165, 1.54) is 89.9 Å². The molecule has 0 aromatic heterocycles. The van der Waals surface area contributed by atoms with Gasteiger partial charge in [-0.1, -0.05) is 239 Å². The average molecular weight is 972 g/mol. The molecule has 1 unspecified atom stereocenters. The first-order chi connectivity index (χ1) is 34.5. The van der Waals surface area contributed by atoms with Gasteiger partial charge in [0.05, 0.1) is 0 Å². The molecular weight excluding hydrogens is 865 g/mol. The van der Waals surface area contributed by atoms with Crippen molar-refractivity contribution in [2.24, 2.45) is 0 Å². The van der Waals surface area contributed by atoms with Crippen molar-refractivity contribution in [1.29, 1.82) is 0 Å². The Bertz CT molecular complexity index is 1440. The van der Waals surface area contributed by atoms with Crippen LogP contribution in [0.25, 0.3) is 0 Å². The average Bonchev–Trinajstić information content (AvgIpc) is 3.36. The van der Waals surface area contributed by atoms with Gasteiger partial charge < -0.3 is 14.2 Å². The summed E-state index contributed by atoms with van der Waals surface area (Å²) in [6.45, 7) is 6.41. The fraction of sp³-hybridized carbons (Fsp3) is 0.672. The lowest BCUT2D eigenvalue weighted by molar-refractivity contribution is -0.167. The first-order valence-corrected chi connectivity index (χ1v) is 28.9. The number of esters is 3. The molecule has 0 spiro atoms. The predicted molar refractivity (Wildman–Crippen MR) is 302 cm³/mol. The lowest BCUT2D eigenvalue weighted by Crippen LogP contribution is -2.30. The Morgan fingerprint density at radius 1 is 0.300 bits per heavy atom. The summed E-state index contributed by atoms with van der Waals surface area (Å²) >= 11 is 0. The van der Waals surface area contributed by atoms with Crippen molar-refractivity contribution in [2.45, 2.75) is 264 Å². The van der Waals surface area contributed by atoms with Crippen LogP contribution in [0.5, 0.6) is 0 Å². The Kier molecular flexibility index (Phi) is 54.4. The second-order valence-corrected chi connectivity index (χ2v) is 18.8. The van der Waals surface area contributed by atoms with Gasteiger partial charge >= 0.3 is 17.9 Å². The standard InChI is InChI=1S/C64H106O6/c1-4-7-10-13-15-17-19-21-23-25-27-28-29-30-31-32-33-34-35-36-37-39-40-42-44-46-48-51-54-57-63(66)69-60-61(59-68-62(65)56-53-50-12-9-6-3)70-64(67)58-55-52-49-47-45-43-41-38-26-24-22-20-18-16-14-11-8-5-2/h7,10,15,17-18,20-21,23-24,26-28,30-31,33-34,36-37,61H,4-6,8-9,11-14,16,19,22,25,29,32,35,38-60H2,1-3H3/b10-7-,17-15-,20-18-,23-21-,26-24-,28-27-,31-30-,34-33-,37-36-. The molecule has 6 heteroatoms. The molecule has 0 bridgehead atoms. The third-order valence-electron chi connectivity index (χ3n) is 12.0. The number of hydrogen-bond acceptors (Lipinski definition) is 6. The normalized spacial score (nSPS) is 12.9. The van der Waals surface area contributed by atoms with Crippen LogP contribution in [0.4, 0.5) is 0 Å². The van der Waals surface area contributed by atoms with Gasteiger partial charge in [0.15, 0.2) is 6.10 Å². The summed E-state index contributed by atoms with van der Waals surface area (Å²) in [5.41, 5.74) is 0. The molecule has 0 aliphatic rings. The zero-order valence-electron chi connectivity index (χ0n) is 45.5. The highest BCUT2D eigenvalue weighted by molar-refractivity contribution is 5.71. The number of hydrogen-bond donors (Lipinski definition) is 0. The lowest BCUT2D eigenvalue weighted by Gasteiger charge is -2.18. The maximum Gasteiger partial charge on any atom is 0.306 e. The van der Waals surface area contributed by atoms with Gasteiger partial charge in [0.25, 0.3) is 0 Å². The largest absolute Gasteiger partial charge is 0.462 e. The van der Waals surface area contributed by atoms with Gasteiger partial charge in [-0.3, -0.25) is 14.4 Å². The first-order valence-electron chi connectivity index (χ1n) is 28.9. The maximum atomic E-state index is 12.8. The fourth-order valence-corrected chi connectivity index (χ4v) is 7.69. The summed E-state index contributed by atoms with van der Waals surface area (Å²) in [7, 11) is 0. The minimum absolute atomic E-state index is 0.0862. The van der Waals surface area contributed by atoms with Gasteiger partial charge in [-0.2, -0.15) is 0 Å². The van der Waals surface area contributed by atoms with E-state index in [1.54, 1.807) is 0 Å². The van der Waals surface area contributed by atoms with E-state index < -0.39 is 6.10 Å². The van der Waals surface area contributed by atoms with E-state index in [2.05, 4.69) is 130 Å². The molecule has 0 saturated heterocycles. The van der Waals surface area contributed by atoms with Crippen molar-refractivity contribution < 1.29 is 28.6 Å². The van der Waals surface area contributed by atoms with Gasteiger partial charge in [-0.15, -0.1) is 0 Å². The van der Waals surface area contributed by atoms with E-state index in [1.807, 2.05) is 0 Å². The molecule has 0 heterocycles. The Labute approximate surface area is 431 Å². The van der Waals surface area contributed by atoms with Gasteiger partial charge in [-0.05, 0) is 109 Å². The van der Waals surface area contributed by atoms with E-state index in [-0.39, 0.29) is 31.1 Å². The van der Waals surface area contributed by atoms with Crippen LogP contribution in [-0.2, 0) is 28.6 Å². The number of rotatable bonds is 51. The van der Waals surface area contributed by atoms with Crippen LogP contribution in [0, 0.1) is 0 Å². The van der Waals surface area contributed by atoms with Crippen molar-refractivity contribution in [2.75, 3.05) is 13.2 Å².